The normalized spacial score (nSPS) is 28.6. The van der Waals surface area contributed by atoms with E-state index in [4.69, 9.17) is 0 Å². The monoisotopic (exact) mass is 273 g/mol. The van der Waals surface area contributed by atoms with Crippen LogP contribution in [0.4, 0.5) is 5.69 Å². The first kappa shape index (κ1) is 13.4. The van der Waals surface area contributed by atoms with Gasteiger partial charge in [-0.2, -0.15) is 0 Å². The van der Waals surface area contributed by atoms with Crippen molar-refractivity contribution in [1.29, 1.82) is 0 Å². The molecule has 0 spiro atoms. The summed E-state index contributed by atoms with van der Waals surface area (Å²) in [5.74, 6) is 0.802. The van der Waals surface area contributed by atoms with Gasteiger partial charge >= 0.3 is 0 Å². The van der Waals surface area contributed by atoms with Crippen LogP contribution >= 0.6 is 0 Å². The van der Waals surface area contributed by atoms with Crippen LogP contribution in [0.25, 0.3) is 0 Å². The SMILES string of the molecule is CC1CN(C(=O)C2CNc3ccccc32)CC1N(C)C. The number of benzene rings is 1. The van der Waals surface area contributed by atoms with Crippen molar-refractivity contribution in [3.05, 3.63) is 29.8 Å². The molecule has 0 aliphatic carbocycles. The number of nitrogens with zero attached hydrogens (tertiary/aromatic N) is 2. The van der Waals surface area contributed by atoms with E-state index in [-0.39, 0.29) is 11.8 Å². The average molecular weight is 273 g/mol. The molecule has 1 N–H and O–H groups in total. The fourth-order valence-electron chi connectivity index (χ4n) is 3.53. The van der Waals surface area contributed by atoms with Crippen LogP contribution in [0.2, 0.25) is 0 Å². The fraction of sp³-hybridized carbons (Fsp3) is 0.562. The van der Waals surface area contributed by atoms with Gasteiger partial charge in [-0.1, -0.05) is 25.1 Å². The first-order valence-electron chi connectivity index (χ1n) is 7.36. The van der Waals surface area contributed by atoms with E-state index in [0.29, 0.717) is 12.0 Å². The number of carbonyl (C=O) groups is 1. The second-order valence-electron chi connectivity index (χ2n) is 6.27. The molecule has 3 unspecified atom stereocenters. The minimum atomic E-state index is -0.0145. The van der Waals surface area contributed by atoms with Crippen molar-refractivity contribution in [2.45, 2.75) is 18.9 Å². The van der Waals surface area contributed by atoms with Crippen molar-refractivity contribution in [1.82, 2.24) is 9.80 Å². The van der Waals surface area contributed by atoms with Crippen molar-refractivity contribution in [2.24, 2.45) is 5.92 Å². The number of nitrogens with one attached hydrogen (secondary N) is 1. The van der Waals surface area contributed by atoms with E-state index in [2.05, 4.69) is 43.4 Å². The number of para-hydroxylation sites is 1. The van der Waals surface area contributed by atoms with E-state index in [1.807, 2.05) is 17.0 Å². The maximum atomic E-state index is 12.8. The van der Waals surface area contributed by atoms with Crippen LogP contribution in [0.5, 0.6) is 0 Å². The molecule has 1 aromatic rings. The lowest BCUT2D eigenvalue weighted by Gasteiger charge is -2.23. The van der Waals surface area contributed by atoms with Gasteiger partial charge in [-0.05, 0) is 31.6 Å². The molecule has 0 bridgehead atoms. The zero-order valence-electron chi connectivity index (χ0n) is 12.5. The third-order valence-electron chi connectivity index (χ3n) is 4.68. The minimum Gasteiger partial charge on any atom is -0.384 e. The molecule has 4 heteroatoms. The second kappa shape index (κ2) is 5.09. The molecule has 20 heavy (non-hydrogen) atoms. The third-order valence-corrected chi connectivity index (χ3v) is 4.68. The Morgan fingerprint density at radius 2 is 2.05 bits per heavy atom. The van der Waals surface area contributed by atoms with Crippen molar-refractivity contribution in [2.75, 3.05) is 39.0 Å². The predicted octanol–water partition coefficient (Wildman–Crippen LogP) is 1.60. The van der Waals surface area contributed by atoms with Gasteiger partial charge in [0.15, 0.2) is 0 Å². The Morgan fingerprint density at radius 1 is 1.30 bits per heavy atom. The number of hydrogen-bond acceptors (Lipinski definition) is 3. The first-order chi connectivity index (χ1) is 9.58. The molecule has 4 nitrogen and oxygen atoms in total. The van der Waals surface area contributed by atoms with Gasteiger partial charge in [-0.25, -0.2) is 0 Å². The van der Waals surface area contributed by atoms with Gasteiger partial charge < -0.3 is 15.1 Å². The van der Waals surface area contributed by atoms with Crippen LogP contribution < -0.4 is 5.32 Å². The van der Waals surface area contributed by atoms with Crippen LogP contribution in [-0.2, 0) is 4.79 Å². The maximum Gasteiger partial charge on any atom is 0.232 e. The number of fused-ring (bicyclic) bond motifs is 1. The molecule has 3 rings (SSSR count). The molecule has 1 saturated heterocycles. The van der Waals surface area contributed by atoms with E-state index < -0.39 is 0 Å². The lowest BCUT2D eigenvalue weighted by Crippen LogP contribution is -2.37. The Labute approximate surface area is 120 Å². The molecular formula is C16H23N3O. The average Bonchev–Trinajstić information content (AvgIpc) is 3.01. The highest BCUT2D eigenvalue weighted by Crippen LogP contribution is 2.33. The largest absolute Gasteiger partial charge is 0.384 e. The van der Waals surface area contributed by atoms with E-state index in [0.717, 1.165) is 30.9 Å². The number of likely N-dealkylation sites (N-methyl/N-ethyl adjacent to an activating group) is 1. The van der Waals surface area contributed by atoms with Crippen LogP contribution in [0.3, 0.4) is 0 Å². The number of likely N-dealkylation sites (tertiary alicyclic amines) is 1. The van der Waals surface area contributed by atoms with E-state index in [1.165, 1.54) is 0 Å². The lowest BCUT2D eigenvalue weighted by molar-refractivity contribution is -0.131. The molecule has 2 aliphatic heterocycles. The zero-order valence-corrected chi connectivity index (χ0v) is 12.5. The Bertz CT molecular complexity index is 514. The Balaban J connectivity index is 1.75. The predicted molar refractivity (Wildman–Crippen MR) is 80.9 cm³/mol. The second-order valence-corrected chi connectivity index (χ2v) is 6.27. The highest BCUT2D eigenvalue weighted by molar-refractivity contribution is 5.88. The minimum absolute atomic E-state index is 0.0145. The Kier molecular flexibility index (Phi) is 3.42. The molecule has 0 radical (unpaired) electrons. The summed E-state index contributed by atoms with van der Waals surface area (Å²) in [7, 11) is 4.20. The van der Waals surface area contributed by atoms with Gasteiger partial charge in [0, 0.05) is 31.4 Å². The van der Waals surface area contributed by atoms with E-state index >= 15 is 0 Å². The maximum absolute atomic E-state index is 12.8. The lowest BCUT2D eigenvalue weighted by atomic mass is 10.00. The number of rotatable bonds is 2. The molecular weight excluding hydrogens is 250 g/mol. The topological polar surface area (TPSA) is 35.6 Å². The van der Waals surface area contributed by atoms with Crippen LogP contribution in [0.1, 0.15) is 18.4 Å². The summed E-state index contributed by atoms with van der Waals surface area (Å²) < 4.78 is 0. The molecule has 108 valence electrons. The Hall–Kier alpha value is -1.55. The van der Waals surface area contributed by atoms with Crippen LogP contribution in [0.15, 0.2) is 24.3 Å². The number of anilines is 1. The molecule has 1 amide bonds. The number of hydrogen-bond donors (Lipinski definition) is 1. The number of carbonyl (C=O) groups excluding carboxylic acids is 1. The van der Waals surface area contributed by atoms with Crippen molar-refractivity contribution >= 4 is 11.6 Å². The van der Waals surface area contributed by atoms with Crippen LogP contribution in [-0.4, -0.2) is 55.5 Å². The zero-order chi connectivity index (χ0) is 14.3. The van der Waals surface area contributed by atoms with Gasteiger partial charge in [0.25, 0.3) is 0 Å². The number of amides is 1. The molecule has 1 fully saturated rings. The summed E-state index contributed by atoms with van der Waals surface area (Å²) in [5, 5.41) is 3.34. The summed E-state index contributed by atoms with van der Waals surface area (Å²) in [6.07, 6.45) is 0. The van der Waals surface area contributed by atoms with E-state index in [1.54, 1.807) is 0 Å². The quantitative estimate of drug-likeness (QED) is 0.889. The summed E-state index contributed by atoms with van der Waals surface area (Å²) >= 11 is 0. The summed E-state index contributed by atoms with van der Waals surface area (Å²) in [6, 6.07) is 8.63. The summed E-state index contributed by atoms with van der Waals surface area (Å²) in [5.41, 5.74) is 2.26. The molecule has 3 atom stereocenters. The van der Waals surface area contributed by atoms with Gasteiger partial charge in [0.2, 0.25) is 5.91 Å². The molecule has 1 aromatic carbocycles. The molecule has 0 saturated carbocycles. The smallest absolute Gasteiger partial charge is 0.232 e. The highest BCUT2D eigenvalue weighted by atomic mass is 16.2. The van der Waals surface area contributed by atoms with Gasteiger partial charge in [-0.15, -0.1) is 0 Å². The standard InChI is InChI=1S/C16H23N3O/c1-11-9-19(10-15(11)18(2)3)16(20)13-8-17-14-7-5-4-6-12(13)14/h4-7,11,13,15,17H,8-10H2,1-3H3. The van der Waals surface area contributed by atoms with Crippen LogP contribution in [0, 0.1) is 5.92 Å². The highest BCUT2D eigenvalue weighted by Gasteiger charge is 2.38. The molecule has 2 aliphatic rings. The van der Waals surface area contributed by atoms with Gasteiger partial charge in [0.05, 0.1) is 5.92 Å². The summed E-state index contributed by atoms with van der Waals surface area (Å²) in [6.45, 7) is 4.69. The van der Waals surface area contributed by atoms with Crippen molar-refractivity contribution in [3.63, 3.8) is 0 Å². The molecule has 0 aromatic heterocycles. The first-order valence-corrected chi connectivity index (χ1v) is 7.36. The van der Waals surface area contributed by atoms with Gasteiger partial charge in [0.1, 0.15) is 0 Å². The fourth-order valence-corrected chi connectivity index (χ4v) is 3.53. The molecule has 2 heterocycles. The Morgan fingerprint density at radius 3 is 2.75 bits per heavy atom. The third kappa shape index (κ3) is 2.18. The van der Waals surface area contributed by atoms with Crippen molar-refractivity contribution < 1.29 is 4.79 Å². The summed E-state index contributed by atoms with van der Waals surface area (Å²) in [4.78, 5) is 17.1. The van der Waals surface area contributed by atoms with Gasteiger partial charge in [-0.3, -0.25) is 4.79 Å². The van der Waals surface area contributed by atoms with E-state index in [9.17, 15) is 4.79 Å². The van der Waals surface area contributed by atoms with Crippen molar-refractivity contribution in [3.8, 4) is 0 Å².